The van der Waals surface area contributed by atoms with Gasteiger partial charge in [-0.05, 0) is 0 Å². The van der Waals surface area contributed by atoms with E-state index in [0.29, 0.717) is 0 Å². The van der Waals surface area contributed by atoms with Crippen LogP contribution in [0.15, 0.2) is 0 Å². The van der Waals surface area contributed by atoms with Crippen molar-refractivity contribution in [3.8, 4) is 0 Å². The van der Waals surface area contributed by atoms with Crippen LogP contribution in [0, 0.1) is 0 Å². The van der Waals surface area contributed by atoms with Crippen molar-refractivity contribution in [3.05, 3.63) is 0 Å². The van der Waals surface area contributed by atoms with Crippen LogP contribution < -0.4 is 12.3 Å². The van der Waals surface area contributed by atoms with E-state index in [1.807, 2.05) is 0 Å². The molecule has 6 N–H and O–H groups in total. The summed E-state index contributed by atoms with van der Waals surface area (Å²) in [7, 11) is -15.5. The van der Waals surface area contributed by atoms with E-state index in [4.69, 9.17) is 52.6 Å². The second-order valence-corrected chi connectivity index (χ2v) is 3.67. The second-order valence-electron chi connectivity index (χ2n) is 1.22. The molecule has 0 bridgehead atoms. The topological polar surface area (TPSA) is 311 Å². The van der Waals surface area contributed by atoms with E-state index >= 15 is 0 Å². The fraction of sp³-hybridized carbons (Fsp3) is 0. The summed E-state index contributed by atoms with van der Waals surface area (Å²) in [4.78, 5) is 0. The number of rotatable bonds is 0. The Hall–Kier alpha value is 0.569. The van der Waals surface area contributed by atoms with Gasteiger partial charge in [0.1, 0.15) is 0 Å². The molecule has 0 rings (SSSR count). The van der Waals surface area contributed by atoms with Crippen LogP contribution in [0.4, 0.5) is 0 Å². The Balaban J connectivity index is -0.0000000206. The zero-order chi connectivity index (χ0) is 13.5. The first-order valence-corrected chi connectivity index (χ1v) is 6.00. The van der Waals surface area contributed by atoms with E-state index in [-0.39, 0.29) is 46.4 Å². The summed E-state index contributed by atoms with van der Waals surface area (Å²) in [6.07, 6.45) is 0. The van der Waals surface area contributed by atoms with Gasteiger partial charge in [-0.25, -0.2) is 0 Å². The van der Waals surface area contributed by atoms with Gasteiger partial charge < -0.3 is 39.6 Å². The monoisotopic (exact) mass is 434 g/mol. The molecule has 0 spiro atoms. The Bertz CT molecular complexity index is 350. The number of hydrogen-bond donors (Lipinski definition) is 2. The van der Waals surface area contributed by atoms with Gasteiger partial charge in [0.2, 0.25) is 0 Å². The summed E-state index contributed by atoms with van der Waals surface area (Å²) in [6, 6.07) is 0. The standard InChI is InChI=1S/2Fe.2H3N.3H2O4S/c;;;;3*1-5(2,3)4/h;;2*1H3;3*(H2,1,2,3,4)/q2*+3;;;;;/p-6. The van der Waals surface area contributed by atoms with E-state index in [9.17, 15) is 0 Å². The van der Waals surface area contributed by atoms with E-state index in [1.54, 1.807) is 0 Å². The van der Waals surface area contributed by atoms with Crippen LogP contribution in [-0.2, 0) is 65.3 Å². The third-order valence-electron chi connectivity index (χ3n) is 0. The molecule has 0 aliphatic carbocycles. The second kappa shape index (κ2) is 16.6. The van der Waals surface area contributed by atoms with Crippen molar-refractivity contribution in [3.63, 3.8) is 0 Å². The molecule has 0 saturated carbocycles. The molecule has 122 valence electrons. The molecule has 0 amide bonds. The van der Waals surface area contributed by atoms with Crippen LogP contribution in [0.2, 0.25) is 0 Å². The average molecular weight is 434 g/mol. The van der Waals surface area contributed by atoms with Gasteiger partial charge in [0.05, 0.1) is 0 Å². The maximum absolute atomic E-state index is 8.52. The van der Waals surface area contributed by atoms with E-state index < -0.39 is 31.2 Å². The predicted octanol–water partition coefficient (Wildman–Crippen LogP) is -3.70. The van der Waals surface area contributed by atoms with E-state index in [1.165, 1.54) is 0 Å². The number of hydrogen-bond acceptors (Lipinski definition) is 14. The summed E-state index contributed by atoms with van der Waals surface area (Å²) < 4.78 is 102. The van der Waals surface area contributed by atoms with Gasteiger partial charge in [-0.2, -0.15) is 0 Å². The summed E-state index contributed by atoms with van der Waals surface area (Å²) in [5.41, 5.74) is 0. The van der Waals surface area contributed by atoms with Gasteiger partial charge in [0, 0.05) is 31.2 Å². The minimum atomic E-state index is -5.17. The zero-order valence-corrected chi connectivity index (χ0v) is 12.9. The maximum Gasteiger partial charge on any atom is 3.00 e. The first-order valence-electron chi connectivity index (χ1n) is 2.00. The molecule has 2 radical (unpaired) electrons. The fourth-order valence-corrected chi connectivity index (χ4v) is 0. The van der Waals surface area contributed by atoms with Gasteiger partial charge in [-0.1, -0.05) is 0 Å². The Morgan fingerprint density at radius 2 is 0.421 bits per heavy atom. The van der Waals surface area contributed by atoms with Crippen molar-refractivity contribution in [1.29, 1.82) is 0 Å². The summed E-state index contributed by atoms with van der Waals surface area (Å²) >= 11 is 0. The van der Waals surface area contributed by atoms with Crippen molar-refractivity contribution in [1.82, 2.24) is 12.3 Å². The molecule has 19 heavy (non-hydrogen) atoms. The van der Waals surface area contributed by atoms with Crippen LogP contribution in [-0.4, -0.2) is 52.6 Å². The molecule has 0 heterocycles. The van der Waals surface area contributed by atoms with Crippen molar-refractivity contribution in [2.75, 3.05) is 0 Å². The van der Waals surface area contributed by atoms with Crippen LogP contribution >= 0.6 is 0 Å². The molecule has 19 heteroatoms. The van der Waals surface area contributed by atoms with E-state index in [2.05, 4.69) is 0 Å². The minimum absolute atomic E-state index is 0. The Morgan fingerprint density at radius 3 is 0.421 bits per heavy atom. The van der Waals surface area contributed by atoms with Gasteiger partial charge in [-0.15, -0.1) is 0 Å². The molecule has 0 aliphatic rings. The third-order valence-corrected chi connectivity index (χ3v) is 0. The summed E-state index contributed by atoms with van der Waals surface area (Å²) in [5, 5.41) is 0. The van der Waals surface area contributed by atoms with Gasteiger partial charge in [0.15, 0.2) is 0 Å². The van der Waals surface area contributed by atoms with Crippen molar-refractivity contribution in [2.45, 2.75) is 0 Å². The Labute approximate surface area is 130 Å². The third kappa shape index (κ3) is 15700. The molecule has 0 saturated heterocycles. The molecule has 0 unspecified atom stereocenters. The Morgan fingerprint density at radius 1 is 0.421 bits per heavy atom. The summed E-state index contributed by atoms with van der Waals surface area (Å²) in [6.45, 7) is 0. The van der Waals surface area contributed by atoms with Gasteiger partial charge in [0.25, 0.3) is 0 Å². The minimum Gasteiger partial charge on any atom is -0.759 e. The molecule has 14 nitrogen and oxygen atoms in total. The van der Waals surface area contributed by atoms with Crippen molar-refractivity contribution < 1.29 is 86.7 Å². The zero-order valence-electron chi connectivity index (χ0n) is 8.25. The predicted molar refractivity (Wildman–Crippen MR) is 41.5 cm³/mol. The smallest absolute Gasteiger partial charge is 0.759 e. The fourth-order valence-electron chi connectivity index (χ4n) is 0. The average Bonchev–Trinajstić information content (AvgIpc) is 1.41. The Kier molecular flexibility index (Phi) is 37.4. The van der Waals surface area contributed by atoms with Crippen LogP contribution in [0.25, 0.3) is 0 Å². The molecular weight excluding hydrogens is 428 g/mol. The largest absolute Gasteiger partial charge is 3.00 e. The van der Waals surface area contributed by atoms with Crippen molar-refractivity contribution in [2.24, 2.45) is 0 Å². The molecule has 0 atom stereocenters. The SMILES string of the molecule is N.N.O=S(=O)([O-])[O-].O=S(=O)([O-])[O-].O=S(=O)([O-])[O-].[Fe+3].[Fe+3]. The summed E-state index contributed by atoms with van der Waals surface area (Å²) in [5.74, 6) is 0. The molecule has 0 fully saturated rings. The first kappa shape index (κ1) is 42.7. The molecule has 0 aromatic rings. The normalized spacial score (nSPS) is 9.16. The molecule has 0 aromatic carbocycles. The maximum atomic E-state index is 8.52. The molecule has 0 aromatic heterocycles. The molecule has 0 aliphatic heterocycles. The van der Waals surface area contributed by atoms with Crippen LogP contribution in [0.5, 0.6) is 0 Å². The van der Waals surface area contributed by atoms with Crippen LogP contribution in [0.1, 0.15) is 0 Å². The quantitative estimate of drug-likeness (QED) is 0.211. The van der Waals surface area contributed by atoms with Crippen LogP contribution in [0.3, 0.4) is 0 Å². The van der Waals surface area contributed by atoms with Gasteiger partial charge >= 0.3 is 34.1 Å². The molecular formula is H6Fe2N2O12S3. The van der Waals surface area contributed by atoms with Crippen molar-refractivity contribution >= 4 is 31.2 Å². The van der Waals surface area contributed by atoms with Gasteiger partial charge in [-0.3, -0.25) is 25.3 Å². The first-order chi connectivity index (χ1) is 6.00. The van der Waals surface area contributed by atoms with E-state index in [0.717, 1.165) is 0 Å².